The number of nitrogens with one attached hydrogen (secondary N) is 1. The molecule has 1 amide bonds. The van der Waals surface area contributed by atoms with Crippen LogP contribution in [-0.2, 0) is 6.42 Å². The molecule has 0 aliphatic carbocycles. The van der Waals surface area contributed by atoms with Crippen molar-refractivity contribution in [1.82, 2.24) is 0 Å². The molecule has 0 spiro atoms. The maximum absolute atomic E-state index is 13.8. The van der Waals surface area contributed by atoms with E-state index < -0.39 is 11.7 Å². The third-order valence-electron chi connectivity index (χ3n) is 2.84. The summed E-state index contributed by atoms with van der Waals surface area (Å²) in [6.45, 7) is 1.91. The molecule has 98 valence electrons. The lowest BCUT2D eigenvalue weighted by Crippen LogP contribution is -2.14. The van der Waals surface area contributed by atoms with E-state index >= 15 is 0 Å². The number of aryl methyl sites for hydroxylation is 1. The van der Waals surface area contributed by atoms with E-state index in [9.17, 15) is 14.3 Å². The van der Waals surface area contributed by atoms with Crippen LogP contribution in [0.2, 0.25) is 0 Å². The highest BCUT2D eigenvalue weighted by Gasteiger charge is 2.13. The van der Waals surface area contributed by atoms with Crippen molar-refractivity contribution >= 4 is 11.6 Å². The fraction of sp³-hybridized carbons (Fsp3) is 0.133. The smallest absolute Gasteiger partial charge is 0.258 e. The van der Waals surface area contributed by atoms with E-state index in [2.05, 4.69) is 5.32 Å². The number of hydrogen-bond acceptors (Lipinski definition) is 2. The van der Waals surface area contributed by atoms with Crippen LogP contribution in [0, 0.1) is 5.82 Å². The third-order valence-corrected chi connectivity index (χ3v) is 2.84. The number of carbonyl (C=O) groups excluding carboxylic acids is 1. The molecule has 2 aromatic rings. The molecule has 0 aromatic heterocycles. The molecule has 0 radical (unpaired) electrons. The Morgan fingerprint density at radius 1 is 1.26 bits per heavy atom. The second kappa shape index (κ2) is 5.52. The number of para-hydroxylation sites is 2. The Bertz CT molecular complexity index is 611. The van der Waals surface area contributed by atoms with Crippen LogP contribution in [0.5, 0.6) is 5.75 Å². The second-order valence-corrected chi connectivity index (χ2v) is 4.14. The SMILES string of the molecule is CCc1ccc(C(=O)Nc2ccccc2O)c(F)c1. The molecule has 0 fully saturated rings. The predicted octanol–water partition coefficient (Wildman–Crippen LogP) is 3.35. The predicted molar refractivity (Wildman–Crippen MR) is 71.8 cm³/mol. The Balaban J connectivity index is 2.23. The number of halogens is 1. The molecule has 3 nitrogen and oxygen atoms in total. The highest BCUT2D eigenvalue weighted by molar-refractivity contribution is 6.05. The first-order valence-corrected chi connectivity index (χ1v) is 5.99. The Morgan fingerprint density at radius 2 is 2.00 bits per heavy atom. The van der Waals surface area contributed by atoms with Crippen LogP contribution < -0.4 is 5.32 Å². The molecule has 2 rings (SSSR count). The summed E-state index contributed by atoms with van der Waals surface area (Å²) in [4.78, 5) is 11.9. The fourth-order valence-electron chi connectivity index (χ4n) is 1.73. The van der Waals surface area contributed by atoms with Gasteiger partial charge in [-0.2, -0.15) is 0 Å². The molecule has 0 aliphatic heterocycles. The van der Waals surface area contributed by atoms with Gasteiger partial charge in [0.2, 0.25) is 0 Å². The van der Waals surface area contributed by atoms with Gasteiger partial charge in [0.15, 0.2) is 0 Å². The average Bonchev–Trinajstić information content (AvgIpc) is 2.41. The number of aromatic hydroxyl groups is 1. The first kappa shape index (κ1) is 13.1. The summed E-state index contributed by atoms with van der Waals surface area (Å²) in [6.07, 6.45) is 0.707. The summed E-state index contributed by atoms with van der Waals surface area (Å²) >= 11 is 0. The molecule has 2 N–H and O–H groups in total. The number of phenolic OH excluding ortho intramolecular Hbond substituents is 1. The van der Waals surface area contributed by atoms with Crippen LogP contribution in [0.1, 0.15) is 22.8 Å². The van der Waals surface area contributed by atoms with E-state index in [1.54, 1.807) is 24.3 Å². The van der Waals surface area contributed by atoms with Gasteiger partial charge in [0.1, 0.15) is 11.6 Å². The van der Waals surface area contributed by atoms with Crippen LogP contribution in [-0.4, -0.2) is 11.0 Å². The number of amides is 1. The highest BCUT2D eigenvalue weighted by atomic mass is 19.1. The van der Waals surface area contributed by atoms with Gasteiger partial charge in [-0.15, -0.1) is 0 Å². The fourth-order valence-corrected chi connectivity index (χ4v) is 1.73. The molecule has 0 saturated heterocycles. The molecule has 0 aliphatic rings. The minimum Gasteiger partial charge on any atom is -0.506 e. The van der Waals surface area contributed by atoms with Crippen molar-refractivity contribution in [3.63, 3.8) is 0 Å². The molecule has 4 heteroatoms. The minimum absolute atomic E-state index is 0.0412. The van der Waals surface area contributed by atoms with Gasteiger partial charge in [0, 0.05) is 0 Å². The quantitative estimate of drug-likeness (QED) is 0.830. The number of carbonyl (C=O) groups is 1. The van der Waals surface area contributed by atoms with Crippen LogP contribution in [0.15, 0.2) is 42.5 Å². The minimum atomic E-state index is -0.582. The summed E-state index contributed by atoms with van der Waals surface area (Å²) in [5, 5.41) is 12.0. The van der Waals surface area contributed by atoms with Gasteiger partial charge < -0.3 is 10.4 Å². The monoisotopic (exact) mass is 259 g/mol. The number of benzene rings is 2. The van der Waals surface area contributed by atoms with Gasteiger partial charge in [-0.25, -0.2) is 4.39 Å². The zero-order valence-corrected chi connectivity index (χ0v) is 10.5. The first-order valence-electron chi connectivity index (χ1n) is 5.99. The summed E-state index contributed by atoms with van der Waals surface area (Å²) in [6, 6.07) is 10.8. The van der Waals surface area contributed by atoms with Gasteiger partial charge in [0.05, 0.1) is 11.3 Å². The molecule has 0 bridgehead atoms. The van der Waals surface area contributed by atoms with Gasteiger partial charge in [-0.05, 0) is 36.2 Å². The number of phenols is 1. The molecular formula is C15H14FNO2. The number of anilines is 1. The number of hydrogen-bond donors (Lipinski definition) is 2. The van der Waals surface area contributed by atoms with Crippen molar-refractivity contribution < 1.29 is 14.3 Å². The van der Waals surface area contributed by atoms with Crippen molar-refractivity contribution in [2.24, 2.45) is 0 Å². The Hall–Kier alpha value is -2.36. The van der Waals surface area contributed by atoms with E-state index in [0.717, 1.165) is 5.56 Å². The van der Waals surface area contributed by atoms with Crippen LogP contribution in [0.25, 0.3) is 0 Å². The second-order valence-electron chi connectivity index (χ2n) is 4.14. The van der Waals surface area contributed by atoms with Crippen molar-refractivity contribution in [1.29, 1.82) is 0 Å². The molecule has 0 unspecified atom stereocenters. The summed E-state index contributed by atoms with van der Waals surface area (Å²) in [7, 11) is 0. The Kier molecular flexibility index (Phi) is 3.80. The van der Waals surface area contributed by atoms with E-state index in [0.29, 0.717) is 6.42 Å². The first-order chi connectivity index (χ1) is 9.11. The molecule has 19 heavy (non-hydrogen) atoms. The Labute approximate surface area is 110 Å². The lowest BCUT2D eigenvalue weighted by atomic mass is 10.1. The van der Waals surface area contributed by atoms with Gasteiger partial charge in [0.25, 0.3) is 5.91 Å². The van der Waals surface area contributed by atoms with Crippen molar-refractivity contribution in [2.75, 3.05) is 5.32 Å². The van der Waals surface area contributed by atoms with E-state index in [4.69, 9.17) is 0 Å². The standard InChI is InChI=1S/C15H14FNO2/c1-2-10-7-8-11(12(16)9-10)15(19)17-13-5-3-4-6-14(13)18/h3-9,18H,2H2,1H3,(H,17,19). The number of rotatable bonds is 3. The molecule has 2 aromatic carbocycles. The molecule has 0 atom stereocenters. The zero-order valence-electron chi connectivity index (χ0n) is 10.5. The summed E-state index contributed by atoms with van der Waals surface area (Å²) in [5.41, 5.74) is 1.04. The van der Waals surface area contributed by atoms with Crippen LogP contribution in [0.4, 0.5) is 10.1 Å². The van der Waals surface area contributed by atoms with Gasteiger partial charge in [-0.1, -0.05) is 25.1 Å². The lowest BCUT2D eigenvalue weighted by molar-refractivity contribution is 0.102. The van der Waals surface area contributed by atoms with E-state index in [1.807, 2.05) is 6.92 Å². The van der Waals surface area contributed by atoms with Crippen molar-refractivity contribution in [3.8, 4) is 5.75 Å². The largest absolute Gasteiger partial charge is 0.506 e. The molecule has 0 heterocycles. The summed E-state index contributed by atoms with van der Waals surface area (Å²) in [5.74, 6) is -1.20. The topological polar surface area (TPSA) is 49.3 Å². The Morgan fingerprint density at radius 3 is 2.63 bits per heavy atom. The van der Waals surface area contributed by atoms with E-state index in [1.165, 1.54) is 18.2 Å². The van der Waals surface area contributed by atoms with Crippen molar-refractivity contribution in [2.45, 2.75) is 13.3 Å². The summed E-state index contributed by atoms with van der Waals surface area (Å²) < 4.78 is 13.8. The molecule has 0 saturated carbocycles. The van der Waals surface area contributed by atoms with Crippen LogP contribution in [0.3, 0.4) is 0 Å². The van der Waals surface area contributed by atoms with E-state index in [-0.39, 0.29) is 17.0 Å². The lowest BCUT2D eigenvalue weighted by Gasteiger charge is -2.08. The normalized spacial score (nSPS) is 10.2. The zero-order chi connectivity index (χ0) is 13.8. The highest BCUT2D eigenvalue weighted by Crippen LogP contribution is 2.22. The third kappa shape index (κ3) is 2.91. The maximum atomic E-state index is 13.8. The van der Waals surface area contributed by atoms with Crippen molar-refractivity contribution in [3.05, 3.63) is 59.4 Å². The van der Waals surface area contributed by atoms with Gasteiger partial charge >= 0.3 is 0 Å². The molecular weight excluding hydrogens is 245 g/mol. The van der Waals surface area contributed by atoms with Crippen LogP contribution >= 0.6 is 0 Å². The maximum Gasteiger partial charge on any atom is 0.258 e. The van der Waals surface area contributed by atoms with Gasteiger partial charge in [-0.3, -0.25) is 4.79 Å². The average molecular weight is 259 g/mol.